The smallest absolute Gasteiger partial charge is 0.265 e. The number of anilines is 1. The standard InChI is InChI=1S/C22H20FN7O/c1-2-15(28-20-18-19(25-11-24-18)26-12-27-20)21-29-16-10-6-9-14(23)17(16)22(31)30(21)13-7-4-3-5-8-13/h3-7,9-13,15H,2,8H2,1H3,(H2,24,25,26,27,28)/t13?,15-/m0/s1. The summed E-state index contributed by atoms with van der Waals surface area (Å²) in [5.74, 6) is 0.525. The van der Waals surface area contributed by atoms with Crippen molar-refractivity contribution in [1.29, 1.82) is 0 Å². The maximum atomic E-state index is 14.6. The molecule has 156 valence electrons. The molecule has 3 heterocycles. The molecule has 0 radical (unpaired) electrons. The third kappa shape index (κ3) is 3.27. The average molecular weight is 417 g/mol. The topological polar surface area (TPSA) is 101 Å². The third-order valence-electron chi connectivity index (χ3n) is 5.45. The highest BCUT2D eigenvalue weighted by molar-refractivity contribution is 5.82. The van der Waals surface area contributed by atoms with Crippen LogP contribution in [0.25, 0.3) is 22.1 Å². The van der Waals surface area contributed by atoms with Gasteiger partial charge in [-0.05, 0) is 25.0 Å². The van der Waals surface area contributed by atoms with E-state index < -0.39 is 11.4 Å². The van der Waals surface area contributed by atoms with Crippen molar-refractivity contribution in [3.05, 3.63) is 77.2 Å². The van der Waals surface area contributed by atoms with Crippen LogP contribution in [-0.2, 0) is 0 Å². The van der Waals surface area contributed by atoms with Gasteiger partial charge in [0.15, 0.2) is 11.5 Å². The maximum Gasteiger partial charge on any atom is 0.265 e. The molecule has 1 aliphatic rings. The van der Waals surface area contributed by atoms with E-state index in [1.807, 2.05) is 31.2 Å². The Morgan fingerprint density at radius 1 is 1.29 bits per heavy atom. The summed E-state index contributed by atoms with van der Waals surface area (Å²) in [5, 5.41) is 3.38. The van der Waals surface area contributed by atoms with Crippen molar-refractivity contribution in [1.82, 2.24) is 29.5 Å². The molecule has 3 aromatic heterocycles. The summed E-state index contributed by atoms with van der Waals surface area (Å²) in [6, 6.07) is 3.92. The Bertz CT molecular complexity index is 1390. The number of nitrogens with one attached hydrogen (secondary N) is 2. The van der Waals surface area contributed by atoms with Gasteiger partial charge in [0.2, 0.25) is 0 Å². The first-order valence-electron chi connectivity index (χ1n) is 10.1. The monoisotopic (exact) mass is 417 g/mol. The molecule has 4 aromatic rings. The molecule has 0 aliphatic heterocycles. The van der Waals surface area contributed by atoms with E-state index >= 15 is 0 Å². The number of fused-ring (bicyclic) bond motifs is 2. The molecule has 0 bridgehead atoms. The molecule has 8 nitrogen and oxygen atoms in total. The van der Waals surface area contributed by atoms with E-state index in [9.17, 15) is 9.18 Å². The van der Waals surface area contributed by atoms with E-state index in [1.165, 1.54) is 12.4 Å². The van der Waals surface area contributed by atoms with Crippen LogP contribution >= 0.6 is 0 Å². The van der Waals surface area contributed by atoms with Crippen molar-refractivity contribution >= 4 is 27.9 Å². The highest BCUT2D eigenvalue weighted by Gasteiger charge is 2.25. The third-order valence-corrected chi connectivity index (χ3v) is 5.45. The quantitative estimate of drug-likeness (QED) is 0.512. The molecule has 2 atom stereocenters. The first-order chi connectivity index (χ1) is 15.2. The highest BCUT2D eigenvalue weighted by atomic mass is 19.1. The van der Waals surface area contributed by atoms with Crippen LogP contribution in [0.3, 0.4) is 0 Å². The normalized spacial score (nSPS) is 16.8. The predicted molar refractivity (Wildman–Crippen MR) is 116 cm³/mol. The summed E-state index contributed by atoms with van der Waals surface area (Å²) in [6.45, 7) is 1.99. The van der Waals surface area contributed by atoms with Gasteiger partial charge in [-0.1, -0.05) is 37.3 Å². The number of allylic oxidation sites excluding steroid dienone is 4. The summed E-state index contributed by atoms with van der Waals surface area (Å²) < 4.78 is 16.2. The van der Waals surface area contributed by atoms with Gasteiger partial charge < -0.3 is 10.3 Å². The number of hydrogen-bond acceptors (Lipinski definition) is 6. The van der Waals surface area contributed by atoms with Gasteiger partial charge in [0.25, 0.3) is 5.56 Å². The van der Waals surface area contributed by atoms with Gasteiger partial charge in [-0.15, -0.1) is 0 Å². The van der Waals surface area contributed by atoms with Crippen LogP contribution in [0.5, 0.6) is 0 Å². The van der Waals surface area contributed by atoms with Gasteiger partial charge in [0.1, 0.15) is 28.9 Å². The summed E-state index contributed by atoms with van der Waals surface area (Å²) in [7, 11) is 0. The van der Waals surface area contributed by atoms with Crippen LogP contribution in [0, 0.1) is 5.82 Å². The van der Waals surface area contributed by atoms with Crippen molar-refractivity contribution < 1.29 is 4.39 Å². The fourth-order valence-electron chi connectivity index (χ4n) is 3.93. The van der Waals surface area contributed by atoms with Crippen molar-refractivity contribution in [2.24, 2.45) is 0 Å². The Labute approximate surface area is 176 Å². The van der Waals surface area contributed by atoms with E-state index in [2.05, 4.69) is 25.3 Å². The minimum Gasteiger partial charge on any atom is -0.358 e. The minimum atomic E-state index is -0.568. The number of imidazole rings is 1. The summed E-state index contributed by atoms with van der Waals surface area (Å²) in [5.41, 5.74) is 1.15. The van der Waals surface area contributed by atoms with E-state index in [-0.39, 0.29) is 17.5 Å². The highest BCUT2D eigenvalue weighted by Crippen LogP contribution is 2.28. The first kappa shape index (κ1) is 19.1. The van der Waals surface area contributed by atoms with Crippen LogP contribution < -0.4 is 10.9 Å². The summed E-state index contributed by atoms with van der Waals surface area (Å²) >= 11 is 0. The van der Waals surface area contributed by atoms with Crippen molar-refractivity contribution in [2.45, 2.75) is 31.8 Å². The largest absolute Gasteiger partial charge is 0.358 e. The minimum absolute atomic E-state index is 0.00190. The zero-order chi connectivity index (χ0) is 21.4. The van der Waals surface area contributed by atoms with E-state index in [4.69, 9.17) is 4.98 Å². The molecule has 1 aromatic carbocycles. The van der Waals surface area contributed by atoms with Gasteiger partial charge in [0.05, 0.1) is 23.9 Å². The van der Waals surface area contributed by atoms with Crippen LogP contribution in [0.4, 0.5) is 10.2 Å². The Morgan fingerprint density at radius 2 is 2.19 bits per heavy atom. The second-order valence-corrected chi connectivity index (χ2v) is 7.32. The number of benzene rings is 1. The van der Waals surface area contributed by atoms with Crippen LogP contribution in [0.2, 0.25) is 0 Å². The Balaban J connectivity index is 1.69. The molecule has 0 saturated heterocycles. The molecular formula is C22H20FN7O. The fourth-order valence-corrected chi connectivity index (χ4v) is 3.93. The van der Waals surface area contributed by atoms with E-state index in [1.54, 1.807) is 23.0 Å². The van der Waals surface area contributed by atoms with Crippen molar-refractivity contribution in [2.75, 3.05) is 5.32 Å². The zero-order valence-electron chi connectivity index (χ0n) is 16.8. The summed E-state index contributed by atoms with van der Waals surface area (Å²) in [6.07, 6.45) is 12.0. The molecule has 9 heteroatoms. The molecule has 1 unspecified atom stereocenters. The number of rotatable bonds is 5. The van der Waals surface area contributed by atoms with Gasteiger partial charge in [0, 0.05) is 0 Å². The van der Waals surface area contributed by atoms with Gasteiger partial charge >= 0.3 is 0 Å². The molecular weight excluding hydrogens is 397 g/mol. The number of aromatic nitrogens is 6. The molecule has 0 spiro atoms. The molecule has 0 amide bonds. The number of hydrogen-bond donors (Lipinski definition) is 2. The van der Waals surface area contributed by atoms with Crippen LogP contribution in [0.1, 0.15) is 37.7 Å². The van der Waals surface area contributed by atoms with Crippen LogP contribution in [0.15, 0.2) is 60.0 Å². The number of H-pyrrole nitrogens is 1. The Kier molecular flexibility index (Phi) is 4.78. The molecule has 1 aliphatic carbocycles. The molecule has 0 saturated carbocycles. The van der Waals surface area contributed by atoms with Crippen molar-refractivity contribution in [3.63, 3.8) is 0 Å². The predicted octanol–water partition coefficient (Wildman–Crippen LogP) is 3.82. The molecule has 5 rings (SSSR count). The Morgan fingerprint density at radius 3 is 3.00 bits per heavy atom. The van der Waals surface area contributed by atoms with Gasteiger partial charge in [-0.3, -0.25) is 9.36 Å². The van der Waals surface area contributed by atoms with Crippen LogP contribution in [-0.4, -0.2) is 29.5 Å². The first-order valence-corrected chi connectivity index (χ1v) is 10.1. The molecule has 31 heavy (non-hydrogen) atoms. The lowest BCUT2D eigenvalue weighted by atomic mass is 10.1. The van der Waals surface area contributed by atoms with E-state index in [0.29, 0.717) is 41.2 Å². The van der Waals surface area contributed by atoms with E-state index in [0.717, 1.165) is 0 Å². The van der Waals surface area contributed by atoms with Crippen molar-refractivity contribution in [3.8, 4) is 0 Å². The molecule has 0 fully saturated rings. The Hall–Kier alpha value is -3.88. The lowest BCUT2D eigenvalue weighted by Gasteiger charge is -2.26. The fraction of sp³-hybridized carbons (Fsp3) is 0.227. The zero-order valence-corrected chi connectivity index (χ0v) is 16.8. The second-order valence-electron chi connectivity index (χ2n) is 7.32. The lowest BCUT2D eigenvalue weighted by Crippen LogP contribution is -2.32. The maximum absolute atomic E-state index is 14.6. The molecule has 2 N–H and O–H groups in total. The number of halogens is 1. The van der Waals surface area contributed by atoms with Gasteiger partial charge in [-0.2, -0.15) is 0 Å². The average Bonchev–Trinajstić information content (AvgIpc) is 3.27. The number of aromatic amines is 1. The SMILES string of the molecule is CC[C@H](Nc1ncnc2nc[nH]c12)c1nc2cccc(F)c2c(=O)n1C1C=CC=CC1. The summed E-state index contributed by atoms with van der Waals surface area (Å²) in [4.78, 5) is 33.9. The lowest BCUT2D eigenvalue weighted by molar-refractivity contribution is 0.515. The van der Waals surface area contributed by atoms with Gasteiger partial charge in [-0.25, -0.2) is 24.3 Å². The second kappa shape index (κ2) is 7.75. The number of nitrogens with zero attached hydrogens (tertiary/aromatic N) is 5.